The summed E-state index contributed by atoms with van der Waals surface area (Å²) < 4.78 is 15.3. The van der Waals surface area contributed by atoms with Gasteiger partial charge in [0.15, 0.2) is 0 Å². The van der Waals surface area contributed by atoms with Crippen molar-refractivity contribution in [2.24, 2.45) is 5.92 Å². The van der Waals surface area contributed by atoms with Gasteiger partial charge in [-0.2, -0.15) is 0 Å². The summed E-state index contributed by atoms with van der Waals surface area (Å²) in [6, 6.07) is 13.3. The second kappa shape index (κ2) is 13.3. The van der Waals surface area contributed by atoms with Gasteiger partial charge in [0.1, 0.15) is 12.7 Å². The van der Waals surface area contributed by atoms with E-state index in [2.05, 4.69) is 20.6 Å². The Labute approximate surface area is 255 Å². The maximum Gasteiger partial charge on any atom is 0.333 e. The van der Waals surface area contributed by atoms with Crippen LogP contribution in [0, 0.1) is 12.8 Å². The summed E-state index contributed by atoms with van der Waals surface area (Å²) in [6.45, 7) is 5.27. The molecule has 2 N–H and O–H groups in total. The largest absolute Gasteiger partial charge is 0.475 e. The van der Waals surface area contributed by atoms with E-state index in [4.69, 9.17) is 21.1 Å². The predicted molar refractivity (Wildman–Crippen MR) is 165 cm³/mol. The number of aromatic nitrogens is 4. The molecule has 4 aromatic rings. The molecule has 10 nitrogen and oxygen atoms in total. The molecule has 0 radical (unpaired) electrons. The number of ether oxygens (including phenoxy) is 2. The fraction of sp³-hybridized carbons (Fsp3) is 0.438. The lowest BCUT2D eigenvalue weighted by molar-refractivity contribution is 0.0312. The minimum Gasteiger partial charge on any atom is -0.475 e. The molecular formula is C32H37ClN6O4. The zero-order chi connectivity index (χ0) is 29.8. The zero-order valence-corrected chi connectivity index (χ0v) is 25.1. The predicted octanol–water partition coefficient (Wildman–Crippen LogP) is 4.29. The van der Waals surface area contributed by atoms with Gasteiger partial charge in [0.05, 0.1) is 39.2 Å². The van der Waals surface area contributed by atoms with Gasteiger partial charge in [0.25, 0.3) is 5.91 Å². The van der Waals surface area contributed by atoms with Gasteiger partial charge in [-0.15, -0.1) is 0 Å². The number of hydrogen-bond acceptors (Lipinski definition) is 7. The van der Waals surface area contributed by atoms with Gasteiger partial charge in [0.2, 0.25) is 5.88 Å². The highest BCUT2D eigenvalue weighted by Crippen LogP contribution is 2.28. The van der Waals surface area contributed by atoms with Crippen LogP contribution >= 0.6 is 11.6 Å². The van der Waals surface area contributed by atoms with Crippen molar-refractivity contribution >= 4 is 28.5 Å². The van der Waals surface area contributed by atoms with Crippen molar-refractivity contribution in [1.82, 2.24) is 29.7 Å². The van der Waals surface area contributed by atoms with Crippen LogP contribution in [0.3, 0.4) is 0 Å². The average Bonchev–Trinajstić information content (AvgIpc) is 3.16. The number of aryl methyl sites for hydroxylation is 1. The first-order valence-electron chi connectivity index (χ1n) is 15.0. The van der Waals surface area contributed by atoms with E-state index < -0.39 is 0 Å². The van der Waals surface area contributed by atoms with Crippen LogP contribution in [0.4, 0.5) is 0 Å². The van der Waals surface area contributed by atoms with Crippen molar-refractivity contribution in [3.05, 3.63) is 81.6 Å². The summed E-state index contributed by atoms with van der Waals surface area (Å²) in [4.78, 5) is 35.3. The Morgan fingerprint density at radius 2 is 1.93 bits per heavy atom. The van der Waals surface area contributed by atoms with Crippen molar-refractivity contribution < 1.29 is 14.3 Å². The number of nitrogens with zero attached hydrogens (tertiary/aromatic N) is 4. The number of imidazole rings is 1. The normalized spacial score (nSPS) is 20.9. The maximum absolute atomic E-state index is 13.8. The molecule has 43 heavy (non-hydrogen) atoms. The highest BCUT2D eigenvalue weighted by atomic mass is 35.5. The molecule has 6 rings (SSSR count). The van der Waals surface area contributed by atoms with E-state index in [1.165, 1.54) is 0 Å². The molecule has 0 bridgehead atoms. The monoisotopic (exact) mass is 604 g/mol. The number of rotatable bonds is 8. The van der Waals surface area contributed by atoms with Gasteiger partial charge in [-0.1, -0.05) is 23.7 Å². The highest BCUT2D eigenvalue weighted by Gasteiger charge is 2.26. The Morgan fingerprint density at radius 1 is 1.12 bits per heavy atom. The molecule has 1 aliphatic carbocycles. The van der Waals surface area contributed by atoms with Crippen LogP contribution in [-0.2, 0) is 11.3 Å². The first-order chi connectivity index (χ1) is 21.0. The zero-order valence-electron chi connectivity index (χ0n) is 24.3. The third-order valence-corrected chi connectivity index (χ3v) is 8.58. The number of pyridine rings is 2. The SMILES string of the molecule is Cc1ncc(Cl)cc1C(=O)N[C@H]1CC[C@H](Cn2c(=O)n(-c3ccc(OC[C@H]4CNCCCO4)nc3)c3ccccc32)CC1. The molecule has 11 heteroatoms. The number of fused-ring (bicyclic) bond motifs is 1. The van der Waals surface area contributed by atoms with Gasteiger partial charge in [-0.05, 0) is 75.8 Å². The summed E-state index contributed by atoms with van der Waals surface area (Å²) in [6.07, 6.45) is 7.74. The molecule has 1 aliphatic heterocycles. The Bertz CT molecular complexity index is 1620. The van der Waals surface area contributed by atoms with E-state index in [1.807, 2.05) is 34.9 Å². The van der Waals surface area contributed by atoms with Crippen LogP contribution in [0.25, 0.3) is 16.7 Å². The molecule has 1 amide bonds. The first-order valence-corrected chi connectivity index (χ1v) is 15.4. The molecular weight excluding hydrogens is 568 g/mol. The standard InChI is InChI=1S/C32H37ClN6O4/c1-21-27(15-23(33)16-35-21)31(40)37-24-9-7-22(8-10-24)19-38-28-5-2-3-6-29(28)39(32(38)41)25-11-12-30(36-17-25)43-20-26-18-34-13-4-14-42-26/h2-3,5-6,11-12,15-17,22,24,26,34H,4,7-10,13-14,18-20H2,1H3,(H,37,40)/t22-,24-,26-/m1/s1. The van der Waals surface area contributed by atoms with Crippen molar-refractivity contribution in [2.75, 3.05) is 26.3 Å². The van der Waals surface area contributed by atoms with Gasteiger partial charge < -0.3 is 20.1 Å². The molecule has 1 saturated heterocycles. The van der Waals surface area contributed by atoms with E-state index in [1.54, 1.807) is 36.0 Å². The molecule has 1 aromatic carbocycles. The molecule has 0 unspecified atom stereocenters. The minimum absolute atomic E-state index is 0.0136. The summed E-state index contributed by atoms with van der Waals surface area (Å²) in [5.74, 6) is 0.684. The van der Waals surface area contributed by atoms with Crippen LogP contribution in [0.15, 0.2) is 59.7 Å². The van der Waals surface area contributed by atoms with Crippen molar-refractivity contribution in [2.45, 2.75) is 57.7 Å². The van der Waals surface area contributed by atoms with Gasteiger partial charge in [0, 0.05) is 38.0 Å². The molecule has 1 saturated carbocycles. The average molecular weight is 605 g/mol. The number of benzene rings is 1. The molecule has 3 aromatic heterocycles. The summed E-state index contributed by atoms with van der Waals surface area (Å²) in [5, 5.41) is 6.95. The van der Waals surface area contributed by atoms with E-state index >= 15 is 0 Å². The fourth-order valence-electron chi connectivity index (χ4n) is 6.03. The smallest absolute Gasteiger partial charge is 0.333 e. The lowest BCUT2D eigenvalue weighted by atomic mass is 9.85. The van der Waals surface area contributed by atoms with Crippen LogP contribution < -0.4 is 21.1 Å². The van der Waals surface area contributed by atoms with E-state index in [-0.39, 0.29) is 23.7 Å². The first kappa shape index (κ1) is 29.3. The lowest BCUT2D eigenvalue weighted by Crippen LogP contribution is -2.39. The molecule has 0 spiro atoms. The number of carbonyl (C=O) groups is 1. The van der Waals surface area contributed by atoms with E-state index in [0.717, 1.165) is 62.8 Å². The minimum atomic E-state index is -0.143. The summed E-state index contributed by atoms with van der Waals surface area (Å²) >= 11 is 6.06. The van der Waals surface area contributed by atoms with Crippen molar-refractivity contribution in [3.63, 3.8) is 0 Å². The van der Waals surface area contributed by atoms with Crippen LogP contribution in [-0.4, -0.2) is 63.5 Å². The van der Waals surface area contributed by atoms with Crippen LogP contribution in [0.5, 0.6) is 5.88 Å². The Kier molecular flexibility index (Phi) is 9.06. The quantitative estimate of drug-likeness (QED) is 0.309. The number of para-hydroxylation sites is 2. The summed E-state index contributed by atoms with van der Waals surface area (Å²) in [7, 11) is 0. The number of nitrogens with one attached hydrogen (secondary N) is 2. The Morgan fingerprint density at radius 3 is 2.72 bits per heavy atom. The topological polar surface area (TPSA) is 112 Å². The van der Waals surface area contributed by atoms with Crippen LogP contribution in [0.1, 0.15) is 48.2 Å². The molecule has 226 valence electrons. The lowest BCUT2D eigenvalue weighted by Gasteiger charge is -2.29. The van der Waals surface area contributed by atoms with E-state index in [9.17, 15) is 9.59 Å². The van der Waals surface area contributed by atoms with Gasteiger partial charge in [-0.3, -0.25) is 18.9 Å². The third-order valence-electron chi connectivity index (χ3n) is 8.38. The van der Waals surface area contributed by atoms with Gasteiger partial charge >= 0.3 is 5.69 Å². The number of amides is 1. The molecule has 2 aliphatic rings. The van der Waals surface area contributed by atoms with Gasteiger partial charge in [-0.25, -0.2) is 9.78 Å². The number of halogens is 1. The molecule has 4 heterocycles. The number of carbonyl (C=O) groups excluding carboxylic acids is 1. The molecule has 2 fully saturated rings. The van der Waals surface area contributed by atoms with E-state index in [0.29, 0.717) is 46.9 Å². The second-order valence-electron chi connectivity index (χ2n) is 11.4. The van der Waals surface area contributed by atoms with Crippen molar-refractivity contribution in [1.29, 1.82) is 0 Å². The Hall–Kier alpha value is -3.73. The molecule has 1 atom stereocenters. The van der Waals surface area contributed by atoms with Crippen molar-refractivity contribution in [3.8, 4) is 11.6 Å². The Balaban J connectivity index is 1.11. The highest BCUT2D eigenvalue weighted by molar-refractivity contribution is 6.30. The fourth-order valence-corrected chi connectivity index (χ4v) is 6.18. The van der Waals surface area contributed by atoms with Crippen LogP contribution in [0.2, 0.25) is 5.02 Å². The maximum atomic E-state index is 13.8. The second-order valence-corrected chi connectivity index (χ2v) is 11.8. The third kappa shape index (κ3) is 6.76. The number of hydrogen-bond donors (Lipinski definition) is 2. The summed E-state index contributed by atoms with van der Waals surface area (Å²) in [5.41, 5.74) is 3.50.